The summed E-state index contributed by atoms with van der Waals surface area (Å²) in [6, 6.07) is 19.2. The van der Waals surface area contributed by atoms with Gasteiger partial charge in [0.25, 0.3) is 0 Å². The molecule has 5 heteroatoms. The fourth-order valence-corrected chi connectivity index (χ4v) is 4.10. The second-order valence-corrected chi connectivity index (χ2v) is 7.62. The van der Waals surface area contributed by atoms with Crippen LogP contribution in [0.15, 0.2) is 76.9 Å². The number of aliphatic imine (C=N–C) groups is 2. The van der Waals surface area contributed by atoms with E-state index in [2.05, 4.69) is 75.2 Å². The van der Waals surface area contributed by atoms with E-state index in [-0.39, 0.29) is 0 Å². The highest BCUT2D eigenvalue weighted by atomic mass is 15.1. The van der Waals surface area contributed by atoms with E-state index in [1.54, 1.807) is 0 Å². The molecule has 2 N–H and O–H groups in total. The van der Waals surface area contributed by atoms with Crippen molar-refractivity contribution in [1.82, 2.24) is 15.6 Å². The van der Waals surface area contributed by atoms with Crippen LogP contribution in [0.2, 0.25) is 0 Å². The van der Waals surface area contributed by atoms with E-state index in [1.807, 2.05) is 12.3 Å². The summed E-state index contributed by atoms with van der Waals surface area (Å²) in [7, 11) is 0. The van der Waals surface area contributed by atoms with Crippen LogP contribution in [0.1, 0.15) is 16.7 Å². The molecule has 0 spiro atoms. The third-order valence-corrected chi connectivity index (χ3v) is 5.58. The largest absolute Gasteiger partial charge is 0.372 e. The van der Waals surface area contributed by atoms with Gasteiger partial charge in [-0.2, -0.15) is 0 Å². The van der Waals surface area contributed by atoms with Crippen LogP contribution in [0.5, 0.6) is 0 Å². The first-order valence-corrected chi connectivity index (χ1v) is 10.5. The molecule has 0 bridgehead atoms. The van der Waals surface area contributed by atoms with Crippen molar-refractivity contribution in [1.29, 1.82) is 0 Å². The van der Waals surface area contributed by atoms with Gasteiger partial charge < -0.3 is 10.6 Å². The second-order valence-electron chi connectivity index (χ2n) is 7.62. The van der Waals surface area contributed by atoms with E-state index in [0.29, 0.717) is 0 Å². The third kappa shape index (κ3) is 3.96. The lowest BCUT2D eigenvalue weighted by Crippen LogP contribution is -2.20. The molecule has 2 aliphatic heterocycles. The monoisotopic (exact) mass is 395 g/mol. The quantitative estimate of drug-likeness (QED) is 0.672. The Morgan fingerprint density at radius 2 is 1.70 bits per heavy atom. The standard InChI is InChI=1S/C25H25N5/c1-2-5-18(6-3-1)21(17-24-28-13-14-29-24)15-19-8-9-20(16-23-26-11-12-27-23)25-22(19)7-4-10-30-25/h1-10,17H,11-16H2,(H,26,27)(H,28,29)/b21-17+. The fourth-order valence-electron chi connectivity index (χ4n) is 4.10. The Bertz CT molecular complexity index is 1140. The number of nitrogens with zero attached hydrogens (tertiary/aromatic N) is 3. The molecule has 0 aliphatic carbocycles. The van der Waals surface area contributed by atoms with Gasteiger partial charge in [-0.05, 0) is 40.8 Å². The fraction of sp³-hybridized carbons (Fsp3) is 0.240. The Hall–Kier alpha value is -3.47. The summed E-state index contributed by atoms with van der Waals surface area (Å²) in [5.74, 6) is 2.03. The van der Waals surface area contributed by atoms with Crippen molar-refractivity contribution in [2.24, 2.45) is 9.98 Å². The van der Waals surface area contributed by atoms with Crippen molar-refractivity contribution in [3.8, 4) is 0 Å². The highest BCUT2D eigenvalue weighted by molar-refractivity contribution is 6.01. The predicted molar refractivity (Wildman–Crippen MR) is 124 cm³/mol. The molecular formula is C25H25N5. The number of pyridine rings is 1. The molecule has 0 amide bonds. The maximum atomic E-state index is 4.73. The van der Waals surface area contributed by atoms with Crippen LogP contribution in [0.25, 0.3) is 16.5 Å². The van der Waals surface area contributed by atoms with E-state index in [1.165, 1.54) is 27.6 Å². The first-order chi connectivity index (χ1) is 14.9. The van der Waals surface area contributed by atoms with Crippen molar-refractivity contribution in [3.63, 3.8) is 0 Å². The molecule has 2 aliphatic rings. The SMILES string of the molecule is C(/C1=NCCN1)=C(/Cc1ccc(CC2=NCCN2)c2ncccc12)c1ccccc1. The number of aromatic nitrogens is 1. The van der Waals surface area contributed by atoms with Crippen molar-refractivity contribution >= 4 is 28.1 Å². The van der Waals surface area contributed by atoms with E-state index >= 15 is 0 Å². The van der Waals surface area contributed by atoms with Gasteiger partial charge in [-0.25, -0.2) is 0 Å². The smallest absolute Gasteiger partial charge is 0.121 e. The average molecular weight is 396 g/mol. The molecule has 30 heavy (non-hydrogen) atoms. The Morgan fingerprint density at radius 1 is 0.867 bits per heavy atom. The molecule has 5 rings (SSSR count). The van der Waals surface area contributed by atoms with Crippen LogP contribution < -0.4 is 10.6 Å². The van der Waals surface area contributed by atoms with Gasteiger partial charge in [0.05, 0.1) is 18.6 Å². The van der Waals surface area contributed by atoms with E-state index < -0.39 is 0 Å². The molecule has 0 unspecified atom stereocenters. The molecule has 0 saturated carbocycles. The molecule has 5 nitrogen and oxygen atoms in total. The van der Waals surface area contributed by atoms with E-state index in [9.17, 15) is 0 Å². The molecule has 2 aromatic carbocycles. The molecule has 1 aromatic heterocycles. The molecular weight excluding hydrogens is 370 g/mol. The average Bonchev–Trinajstić information content (AvgIpc) is 3.50. The first-order valence-electron chi connectivity index (χ1n) is 10.5. The predicted octanol–water partition coefficient (Wildman–Crippen LogP) is 3.41. The summed E-state index contributed by atoms with van der Waals surface area (Å²) in [5.41, 5.74) is 6.03. The first kappa shape index (κ1) is 18.6. The second kappa shape index (κ2) is 8.49. The summed E-state index contributed by atoms with van der Waals surface area (Å²) in [6.07, 6.45) is 5.70. The number of nitrogens with one attached hydrogen (secondary N) is 2. The Morgan fingerprint density at radius 3 is 2.50 bits per heavy atom. The highest BCUT2D eigenvalue weighted by Crippen LogP contribution is 2.27. The van der Waals surface area contributed by atoms with Crippen molar-refractivity contribution < 1.29 is 0 Å². The minimum atomic E-state index is 0.801. The van der Waals surface area contributed by atoms with Crippen molar-refractivity contribution in [2.75, 3.05) is 26.2 Å². The molecule has 0 fully saturated rings. The molecule has 0 saturated heterocycles. The maximum absolute atomic E-state index is 4.73. The summed E-state index contributed by atoms with van der Waals surface area (Å²) in [6.45, 7) is 3.55. The van der Waals surface area contributed by atoms with Crippen LogP contribution >= 0.6 is 0 Å². The Balaban J connectivity index is 1.53. The van der Waals surface area contributed by atoms with E-state index in [0.717, 1.165) is 56.2 Å². The summed E-state index contributed by atoms with van der Waals surface area (Å²) < 4.78 is 0. The van der Waals surface area contributed by atoms with Gasteiger partial charge >= 0.3 is 0 Å². The lowest BCUT2D eigenvalue weighted by atomic mass is 9.93. The van der Waals surface area contributed by atoms with Gasteiger partial charge in [0.2, 0.25) is 0 Å². The lowest BCUT2D eigenvalue weighted by molar-refractivity contribution is 0.953. The summed E-state index contributed by atoms with van der Waals surface area (Å²) in [5, 5.41) is 7.95. The molecule has 0 atom stereocenters. The maximum Gasteiger partial charge on any atom is 0.121 e. The van der Waals surface area contributed by atoms with Gasteiger partial charge in [-0.1, -0.05) is 48.5 Å². The Labute approximate surface area is 176 Å². The number of hydrogen-bond acceptors (Lipinski definition) is 5. The van der Waals surface area contributed by atoms with Crippen LogP contribution in [-0.2, 0) is 12.8 Å². The van der Waals surface area contributed by atoms with Crippen molar-refractivity contribution in [3.05, 3.63) is 83.6 Å². The zero-order valence-corrected chi connectivity index (χ0v) is 16.9. The van der Waals surface area contributed by atoms with Crippen LogP contribution in [0.3, 0.4) is 0 Å². The minimum Gasteiger partial charge on any atom is -0.372 e. The van der Waals surface area contributed by atoms with Crippen molar-refractivity contribution in [2.45, 2.75) is 12.8 Å². The van der Waals surface area contributed by atoms with E-state index in [4.69, 9.17) is 4.98 Å². The normalized spacial score (nSPS) is 16.2. The summed E-state index contributed by atoms with van der Waals surface area (Å²) >= 11 is 0. The van der Waals surface area contributed by atoms with Gasteiger partial charge in [0.15, 0.2) is 0 Å². The number of allylic oxidation sites excluding steroid dienone is 1. The number of amidine groups is 2. The molecule has 3 aromatic rings. The number of fused-ring (bicyclic) bond motifs is 1. The van der Waals surface area contributed by atoms with Gasteiger partial charge in [-0.3, -0.25) is 15.0 Å². The minimum absolute atomic E-state index is 0.801. The third-order valence-electron chi connectivity index (χ3n) is 5.58. The zero-order chi connectivity index (χ0) is 20.2. The van der Waals surface area contributed by atoms with Crippen LogP contribution in [-0.4, -0.2) is 42.8 Å². The lowest BCUT2D eigenvalue weighted by Gasteiger charge is -2.14. The van der Waals surface area contributed by atoms with Gasteiger partial charge in [-0.15, -0.1) is 0 Å². The summed E-state index contributed by atoms with van der Waals surface area (Å²) in [4.78, 5) is 13.9. The molecule has 3 heterocycles. The Kier molecular flexibility index (Phi) is 5.25. The highest BCUT2D eigenvalue weighted by Gasteiger charge is 2.14. The molecule has 0 radical (unpaired) electrons. The molecule has 150 valence electrons. The number of benzene rings is 2. The number of hydrogen-bond donors (Lipinski definition) is 2. The van der Waals surface area contributed by atoms with Crippen LogP contribution in [0, 0.1) is 0 Å². The topological polar surface area (TPSA) is 61.7 Å². The van der Waals surface area contributed by atoms with Gasteiger partial charge in [0.1, 0.15) is 11.7 Å². The zero-order valence-electron chi connectivity index (χ0n) is 16.9. The number of rotatable bonds is 6. The van der Waals surface area contributed by atoms with Gasteiger partial charge in [0, 0.05) is 31.1 Å². The van der Waals surface area contributed by atoms with Crippen LogP contribution in [0.4, 0.5) is 0 Å².